The summed E-state index contributed by atoms with van der Waals surface area (Å²) in [7, 11) is 0. The van der Waals surface area contributed by atoms with Crippen LogP contribution >= 0.6 is 0 Å². The highest BCUT2D eigenvalue weighted by Gasteiger charge is 2.43. The van der Waals surface area contributed by atoms with Crippen molar-refractivity contribution in [3.05, 3.63) is 12.2 Å². The molecular weight excluding hydrogens is 132 g/mol. The SMILES string of the molecule is [2H]C1C([2H])C2C=CC1C2C(C)(C)C. The van der Waals surface area contributed by atoms with Crippen LogP contribution in [-0.2, 0) is 0 Å². The standard InChI is InChI=1S/C11H18/c1-11(2,3)10-8-4-5-9(10)7-6-8/h4-5,8-10H,6-7H2,1-3H3/i6D,7D. The molecule has 0 saturated heterocycles. The second-order valence-corrected chi connectivity index (χ2v) is 4.82. The van der Waals surface area contributed by atoms with Crippen molar-refractivity contribution < 1.29 is 2.74 Å². The molecule has 0 radical (unpaired) electrons. The molecule has 0 aliphatic heterocycles. The first-order valence-electron chi connectivity index (χ1n) is 5.61. The largest absolute Gasteiger partial charge is 0.0848 e. The minimum atomic E-state index is -0.181. The summed E-state index contributed by atoms with van der Waals surface area (Å²) in [6.07, 6.45) is 3.98. The van der Waals surface area contributed by atoms with Crippen molar-refractivity contribution in [1.29, 1.82) is 0 Å². The summed E-state index contributed by atoms with van der Waals surface area (Å²) in [4.78, 5) is 0. The monoisotopic (exact) mass is 152 g/mol. The molecule has 62 valence electrons. The zero-order valence-electron chi connectivity index (χ0n) is 9.54. The Bertz CT molecular complexity index is 221. The first-order valence-corrected chi connectivity index (χ1v) is 4.46. The van der Waals surface area contributed by atoms with Gasteiger partial charge in [0.1, 0.15) is 0 Å². The third kappa shape index (κ3) is 1.04. The van der Waals surface area contributed by atoms with E-state index in [4.69, 9.17) is 2.74 Å². The smallest absolute Gasteiger partial charge is 0.0273 e. The predicted molar refractivity (Wildman–Crippen MR) is 48.3 cm³/mol. The number of allylic oxidation sites excluding steroid dienone is 2. The van der Waals surface area contributed by atoms with Gasteiger partial charge < -0.3 is 0 Å². The molecule has 0 aromatic rings. The molecule has 2 bridgehead atoms. The van der Waals surface area contributed by atoms with E-state index >= 15 is 0 Å². The van der Waals surface area contributed by atoms with Gasteiger partial charge in [-0.2, -0.15) is 0 Å². The van der Waals surface area contributed by atoms with Crippen molar-refractivity contribution in [3.8, 4) is 0 Å². The Labute approximate surface area is 72.5 Å². The summed E-state index contributed by atoms with van der Waals surface area (Å²) in [5.41, 5.74) is 0.244. The van der Waals surface area contributed by atoms with E-state index in [2.05, 4.69) is 32.9 Å². The zero-order valence-corrected chi connectivity index (χ0v) is 7.54. The molecule has 2 rings (SSSR count). The average Bonchev–Trinajstić information content (AvgIpc) is 2.50. The van der Waals surface area contributed by atoms with E-state index in [1.54, 1.807) is 0 Å². The molecule has 0 aromatic carbocycles. The molecule has 0 N–H and O–H groups in total. The maximum Gasteiger partial charge on any atom is 0.0273 e. The maximum atomic E-state index is 7.90. The quantitative estimate of drug-likeness (QED) is 0.467. The van der Waals surface area contributed by atoms with Crippen molar-refractivity contribution in [2.45, 2.75) is 33.6 Å². The molecular formula is C11H18. The van der Waals surface area contributed by atoms with Gasteiger partial charge in [0, 0.05) is 2.74 Å². The molecule has 11 heavy (non-hydrogen) atoms. The summed E-state index contributed by atoms with van der Waals surface area (Å²) in [5.74, 6) is 1.21. The second-order valence-electron chi connectivity index (χ2n) is 4.82. The summed E-state index contributed by atoms with van der Waals surface area (Å²) in [5, 5.41) is 0. The van der Waals surface area contributed by atoms with Gasteiger partial charge in [0.2, 0.25) is 0 Å². The molecule has 0 spiro atoms. The molecule has 0 aromatic heterocycles. The summed E-state index contributed by atoms with van der Waals surface area (Å²) >= 11 is 0. The summed E-state index contributed by atoms with van der Waals surface area (Å²) in [6.45, 7) is 6.69. The number of rotatable bonds is 0. The average molecular weight is 152 g/mol. The first-order chi connectivity index (χ1) is 5.93. The molecule has 2 aliphatic rings. The highest BCUT2D eigenvalue weighted by molar-refractivity contribution is 5.13. The van der Waals surface area contributed by atoms with E-state index in [0.717, 1.165) is 0 Å². The predicted octanol–water partition coefficient (Wildman–Crippen LogP) is 3.24. The third-order valence-electron chi connectivity index (χ3n) is 2.94. The van der Waals surface area contributed by atoms with Gasteiger partial charge in [-0.25, -0.2) is 0 Å². The minimum absolute atomic E-state index is 0.181. The van der Waals surface area contributed by atoms with Crippen LogP contribution in [-0.4, -0.2) is 0 Å². The molecule has 4 atom stereocenters. The lowest BCUT2D eigenvalue weighted by molar-refractivity contribution is 0.193. The summed E-state index contributed by atoms with van der Waals surface area (Å²) < 4.78 is 15.8. The molecule has 4 unspecified atom stereocenters. The highest BCUT2D eigenvalue weighted by Crippen LogP contribution is 2.52. The van der Waals surface area contributed by atoms with Gasteiger partial charge in [0.05, 0.1) is 0 Å². The van der Waals surface area contributed by atoms with Gasteiger partial charge in [-0.1, -0.05) is 32.9 Å². The maximum absolute atomic E-state index is 7.90. The Balaban J connectivity index is 2.29. The first kappa shape index (κ1) is 5.40. The Morgan fingerprint density at radius 2 is 1.64 bits per heavy atom. The normalized spacial score (nSPS) is 57.9. The van der Waals surface area contributed by atoms with Crippen molar-refractivity contribution >= 4 is 0 Å². The van der Waals surface area contributed by atoms with E-state index in [9.17, 15) is 0 Å². The Morgan fingerprint density at radius 3 is 1.91 bits per heavy atom. The van der Waals surface area contributed by atoms with Gasteiger partial charge >= 0.3 is 0 Å². The van der Waals surface area contributed by atoms with Crippen LogP contribution in [0.5, 0.6) is 0 Å². The fourth-order valence-electron chi connectivity index (χ4n) is 2.53. The third-order valence-corrected chi connectivity index (χ3v) is 2.94. The molecule has 0 amide bonds. The molecule has 0 heteroatoms. The van der Waals surface area contributed by atoms with Crippen LogP contribution in [0.2, 0.25) is 0 Å². The van der Waals surface area contributed by atoms with Gasteiger partial charge in [0.15, 0.2) is 0 Å². The van der Waals surface area contributed by atoms with E-state index in [-0.39, 0.29) is 18.2 Å². The van der Waals surface area contributed by atoms with Crippen molar-refractivity contribution in [2.75, 3.05) is 0 Å². The Morgan fingerprint density at radius 1 is 1.18 bits per heavy atom. The molecule has 0 heterocycles. The van der Waals surface area contributed by atoms with Crippen LogP contribution in [0.15, 0.2) is 12.2 Å². The van der Waals surface area contributed by atoms with Gasteiger partial charge in [0.25, 0.3) is 0 Å². The lowest BCUT2D eigenvalue weighted by atomic mass is 9.74. The highest BCUT2D eigenvalue weighted by atomic mass is 14.5. The van der Waals surface area contributed by atoms with E-state index in [1.165, 1.54) is 0 Å². The lowest BCUT2D eigenvalue weighted by Crippen LogP contribution is -2.24. The van der Waals surface area contributed by atoms with E-state index < -0.39 is 0 Å². The second kappa shape index (κ2) is 2.12. The van der Waals surface area contributed by atoms with Crippen molar-refractivity contribution in [2.24, 2.45) is 23.2 Å². The van der Waals surface area contributed by atoms with Crippen LogP contribution in [0.1, 0.15) is 36.3 Å². The van der Waals surface area contributed by atoms with Gasteiger partial charge in [-0.05, 0) is 36.0 Å². The van der Waals surface area contributed by atoms with Crippen LogP contribution in [0.4, 0.5) is 0 Å². The lowest BCUT2D eigenvalue weighted by Gasteiger charge is -2.31. The Hall–Kier alpha value is -0.260. The van der Waals surface area contributed by atoms with Crippen LogP contribution in [0.3, 0.4) is 0 Å². The fraction of sp³-hybridized carbons (Fsp3) is 0.818. The van der Waals surface area contributed by atoms with Crippen LogP contribution in [0, 0.1) is 23.2 Å². The molecule has 0 nitrogen and oxygen atoms in total. The topological polar surface area (TPSA) is 0 Å². The number of hydrogen-bond donors (Lipinski definition) is 0. The van der Waals surface area contributed by atoms with Gasteiger partial charge in [-0.3, -0.25) is 0 Å². The van der Waals surface area contributed by atoms with E-state index in [0.29, 0.717) is 17.8 Å². The zero-order chi connectivity index (χ0) is 9.80. The molecule has 2 aliphatic carbocycles. The number of hydrogen-bond acceptors (Lipinski definition) is 0. The van der Waals surface area contributed by atoms with Gasteiger partial charge in [-0.15, -0.1) is 0 Å². The van der Waals surface area contributed by atoms with E-state index in [1.807, 2.05) is 0 Å². The molecule has 1 saturated carbocycles. The van der Waals surface area contributed by atoms with Crippen LogP contribution in [0.25, 0.3) is 0 Å². The Kier molecular flexibility index (Phi) is 1.04. The fourth-order valence-corrected chi connectivity index (χ4v) is 2.53. The van der Waals surface area contributed by atoms with Crippen molar-refractivity contribution in [1.82, 2.24) is 0 Å². The van der Waals surface area contributed by atoms with Crippen LogP contribution < -0.4 is 0 Å². The summed E-state index contributed by atoms with van der Waals surface area (Å²) in [6, 6.07) is 0. The minimum Gasteiger partial charge on any atom is -0.0848 e. The van der Waals surface area contributed by atoms with Crippen molar-refractivity contribution in [3.63, 3.8) is 0 Å². The molecule has 1 fully saturated rings. The number of fused-ring (bicyclic) bond motifs is 2.